The van der Waals surface area contributed by atoms with Crippen LogP contribution in [0.4, 0.5) is 0 Å². The highest BCUT2D eigenvalue weighted by molar-refractivity contribution is 6.31. The highest BCUT2D eigenvalue weighted by atomic mass is 35.5. The van der Waals surface area contributed by atoms with E-state index < -0.39 is 0 Å². The van der Waals surface area contributed by atoms with Crippen molar-refractivity contribution >= 4 is 11.6 Å². The Morgan fingerprint density at radius 1 is 1.40 bits per heavy atom. The molecule has 0 radical (unpaired) electrons. The second-order valence-corrected chi connectivity index (χ2v) is 5.23. The predicted octanol–water partition coefficient (Wildman–Crippen LogP) is 2.36. The van der Waals surface area contributed by atoms with Crippen LogP contribution < -0.4 is 5.32 Å². The van der Waals surface area contributed by atoms with Gasteiger partial charge in [-0.05, 0) is 18.6 Å². The molecule has 1 N–H and O–H groups in total. The number of halogens is 1. The lowest BCUT2D eigenvalue weighted by atomic mass is 10.1. The molecule has 0 spiro atoms. The first-order valence-corrected chi connectivity index (χ1v) is 7.02. The zero-order valence-corrected chi connectivity index (χ0v) is 11.9. The van der Waals surface area contributed by atoms with Crippen LogP contribution >= 0.6 is 11.6 Å². The van der Waals surface area contributed by atoms with Crippen LogP contribution in [0.15, 0.2) is 28.8 Å². The van der Waals surface area contributed by atoms with E-state index in [9.17, 15) is 0 Å². The Bertz CT molecular complexity index is 587. The second kappa shape index (κ2) is 5.91. The summed E-state index contributed by atoms with van der Waals surface area (Å²) in [6.07, 6.45) is 0.586. The molecule has 1 aromatic heterocycles. The summed E-state index contributed by atoms with van der Waals surface area (Å²) in [5.74, 6) is 1.20. The van der Waals surface area contributed by atoms with Gasteiger partial charge in [-0.25, -0.2) is 0 Å². The maximum absolute atomic E-state index is 6.13. The van der Waals surface area contributed by atoms with E-state index in [2.05, 4.69) is 15.5 Å². The minimum atomic E-state index is -0.0451. The van der Waals surface area contributed by atoms with Gasteiger partial charge in [0.1, 0.15) is 6.04 Å². The van der Waals surface area contributed by atoms with Crippen molar-refractivity contribution in [3.05, 3.63) is 46.6 Å². The van der Waals surface area contributed by atoms with E-state index >= 15 is 0 Å². The number of hydrogen-bond acceptors (Lipinski definition) is 5. The van der Waals surface area contributed by atoms with Gasteiger partial charge in [0.05, 0.1) is 12.7 Å². The van der Waals surface area contributed by atoms with Crippen molar-refractivity contribution in [3.63, 3.8) is 0 Å². The Kier molecular flexibility index (Phi) is 4.00. The molecule has 1 aromatic carbocycles. The third kappa shape index (κ3) is 2.85. The van der Waals surface area contributed by atoms with Crippen LogP contribution in [0.2, 0.25) is 5.02 Å². The molecule has 1 saturated heterocycles. The number of rotatable bonds is 3. The highest BCUT2D eigenvalue weighted by Crippen LogP contribution is 2.22. The smallest absolute Gasteiger partial charge is 0.246 e. The Hall–Kier alpha value is -1.43. The van der Waals surface area contributed by atoms with E-state index in [1.54, 1.807) is 0 Å². The Morgan fingerprint density at radius 3 is 3.05 bits per heavy atom. The zero-order valence-electron chi connectivity index (χ0n) is 11.2. The number of ether oxygens (including phenoxy) is 1. The molecule has 2 heterocycles. The fourth-order valence-electron chi connectivity index (χ4n) is 2.29. The molecule has 1 fully saturated rings. The first-order valence-electron chi connectivity index (χ1n) is 6.65. The number of hydrogen-bond donors (Lipinski definition) is 1. The van der Waals surface area contributed by atoms with E-state index in [1.807, 2.05) is 31.2 Å². The minimum Gasteiger partial charge on any atom is -0.375 e. The molecule has 6 heteroatoms. The van der Waals surface area contributed by atoms with Crippen LogP contribution in [-0.4, -0.2) is 29.4 Å². The molecular weight excluding hydrogens is 278 g/mol. The Labute approximate surface area is 122 Å². The number of aromatic nitrogens is 2. The molecule has 2 aromatic rings. The molecule has 0 unspecified atom stereocenters. The number of nitrogens with zero attached hydrogens (tertiary/aromatic N) is 2. The summed E-state index contributed by atoms with van der Waals surface area (Å²) in [7, 11) is 0. The molecule has 1 aliphatic heterocycles. The van der Waals surface area contributed by atoms with Crippen LogP contribution in [0.1, 0.15) is 30.2 Å². The third-order valence-electron chi connectivity index (χ3n) is 3.37. The summed E-state index contributed by atoms with van der Waals surface area (Å²) in [5.41, 5.74) is 0.988. The number of benzene rings is 1. The normalized spacial score (nSPS) is 22.9. The van der Waals surface area contributed by atoms with Crippen molar-refractivity contribution < 1.29 is 9.26 Å². The highest BCUT2D eigenvalue weighted by Gasteiger charge is 2.28. The van der Waals surface area contributed by atoms with Crippen LogP contribution in [0.5, 0.6) is 0 Å². The van der Waals surface area contributed by atoms with E-state index in [0.717, 1.165) is 12.1 Å². The summed E-state index contributed by atoms with van der Waals surface area (Å²) < 4.78 is 10.9. The maximum Gasteiger partial charge on any atom is 0.246 e. The summed E-state index contributed by atoms with van der Waals surface area (Å²) in [5, 5.41) is 8.06. The Morgan fingerprint density at radius 2 is 2.25 bits per heavy atom. The average molecular weight is 294 g/mol. The first kappa shape index (κ1) is 13.5. The largest absolute Gasteiger partial charge is 0.375 e. The summed E-state index contributed by atoms with van der Waals surface area (Å²) in [6, 6.07) is 7.62. The fraction of sp³-hybridized carbons (Fsp3) is 0.429. The van der Waals surface area contributed by atoms with E-state index in [-0.39, 0.29) is 12.1 Å². The summed E-state index contributed by atoms with van der Waals surface area (Å²) >= 11 is 6.13. The lowest BCUT2D eigenvalue weighted by molar-refractivity contribution is -0.00136. The van der Waals surface area contributed by atoms with Crippen LogP contribution in [-0.2, 0) is 11.2 Å². The van der Waals surface area contributed by atoms with Crippen molar-refractivity contribution in [2.45, 2.75) is 25.5 Å². The predicted molar refractivity (Wildman–Crippen MR) is 74.7 cm³/mol. The molecule has 0 saturated carbocycles. The molecule has 1 aliphatic rings. The Balaban J connectivity index is 1.75. The van der Waals surface area contributed by atoms with E-state index in [4.69, 9.17) is 20.9 Å². The van der Waals surface area contributed by atoms with Gasteiger partial charge in [0.2, 0.25) is 5.89 Å². The van der Waals surface area contributed by atoms with Gasteiger partial charge in [-0.3, -0.25) is 0 Å². The third-order valence-corrected chi connectivity index (χ3v) is 3.74. The van der Waals surface area contributed by atoms with Gasteiger partial charge in [-0.1, -0.05) is 35.0 Å². The van der Waals surface area contributed by atoms with E-state index in [0.29, 0.717) is 29.8 Å². The quantitative estimate of drug-likeness (QED) is 0.941. The monoisotopic (exact) mass is 293 g/mol. The lowest BCUT2D eigenvalue weighted by Crippen LogP contribution is -2.40. The zero-order chi connectivity index (χ0) is 13.9. The SMILES string of the molecule is C[C@H]1OCCN[C@@H]1c1nc(Cc2ccccc2Cl)no1. The molecule has 0 bridgehead atoms. The van der Waals surface area contributed by atoms with Gasteiger partial charge >= 0.3 is 0 Å². The molecule has 3 rings (SSSR count). The molecule has 2 atom stereocenters. The van der Waals surface area contributed by atoms with Crippen LogP contribution in [0.3, 0.4) is 0 Å². The van der Waals surface area contributed by atoms with Crippen molar-refractivity contribution in [1.29, 1.82) is 0 Å². The topological polar surface area (TPSA) is 60.2 Å². The first-order chi connectivity index (χ1) is 9.74. The fourth-order valence-corrected chi connectivity index (χ4v) is 2.49. The summed E-state index contributed by atoms with van der Waals surface area (Å²) in [4.78, 5) is 4.44. The second-order valence-electron chi connectivity index (χ2n) is 4.82. The average Bonchev–Trinajstić information content (AvgIpc) is 2.90. The van der Waals surface area contributed by atoms with Gasteiger partial charge in [-0.2, -0.15) is 4.98 Å². The van der Waals surface area contributed by atoms with E-state index in [1.165, 1.54) is 0 Å². The summed E-state index contributed by atoms with van der Waals surface area (Å²) in [6.45, 7) is 3.49. The van der Waals surface area contributed by atoms with Crippen molar-refractivity contribution in [2.75, 3.05) is 13.2 Å². The number of nitrogens with one attached hydrogen (secondary N) is 1. The van der Waals surface area contributed by atoms with Gasteiger partial charge in [0, 0.05) is 18.0 Å². The minimum absolute atomic E-state index is 0.0253. The van der Waals surface area contributed by atoms with Gasteiger partial charge in [0.25, 0.3) is 0 Å². The molecule has 0 amide bonds. The molecule has 20 heavy (non-hydrogen) atoms. The maximum atomic E-state index is 6.13. The molecule has 0 aliphatic carbocycles. The molecular formula is C14H16ClN3O2. The van der Waals surface area contributed by atoms with Crippen LogP contribution in [0, 0.1) is 0 Å². The lowest BCUT2D eigenvalue weighted by Gasteiger charge is -2.27. The van der Waals surface area contributed by atoms with Crippen molar-refractivity contribution in [2.24, 2.45) is 0 Å². The standard InChI is InChI=1S/C14H16ClN3O2/c1-9-13(16-6-7-19-9)14-17-12(18-20-14)8-10-4-2-3-5-11(10)15/h2-5,9,13,16H,6-8H2,1H3/t9-,13+/m1/s1. The van der Waals surface area contributed by atoms with Gasteiger partial charge < -0.3 is 14.6 Å². The van der Waals surface area contributed by atoms with Gasteiger partial charge in [0.15, 0.2) is 5.82 Å². The molecule has 106 valence electrons. The van der Waals surface area contributed by atoms with Crippen molar-refractivity contribution in [3.8, 4) is 0 Å². The van der Waals surface area contributed by atoms with Crippen molar-refractivity contribution in [1.82, 2.24) is 15.5 Å². The number of morpholine rings is 1. The molecule has 5 nitrogen and oxygen atoms in total. The van der Waals surface area contributed by atoms with Gasteiger partial charge in [-0.15, -0.1) is 0 Å². The van der Waals surface area contributed by atoms with Crippen LogP contribution in [0.25, 0.3) is 0 Å².